The molecule has 0 unspecified atom stereocenters. The Morgan fingerprint density at radius 2 is 1.95 bits per heavy atom. The molecule has 21 heavy (non-hydrogen) atoms. The van der Waals surface area contributed by atoms with Crippen LogP contribution in [-0.4, -0.2) is 36.2 Å². The number of carbonyl (C=O) groups is 1. The molecule has 1 aromatic carbocycles. The number of nitrogens with zero attached hydrogens (tertiary/aromatic N) is 3. The van der Waals surface area contributed by atoms with Gasteiger partial charge < -0.3 is 16.0 Å². The maximum Gasteiger partial charge on any atom is 0.271 e. The molecule has 2 rings (SSSR count). The summed E-state index contributed by atoms with van der Waals surface area (Å²) < 4.78 is 0. The monoisotopic (exact) mass is 285 g/mol. The lowest BCUT2D eigenvalue weighted by Gasteiger charge is -2.19. The highest BCUT2D eigenvalue weighted by Crippen LogP contribution is 2.10. The van der Waals surface area contributed by atoms with Crippen LogP contribution in [0.1, 0.15) is 16.9 Å². The Morgan fingerprint density at radius 3 is 2.62 bits per heavy atom. The van der Waals surface area contributed by atoms with Crippen LogP contribution in [0.4, 0.5) is 11.5 Å². The molecule has 0 saturated heterocycles. The van der Waals surface area contributed by atoms with Crippen LogP contribution in [0.3, 0.4) is 0 Å². The van der Waals surface area contributed by atoms with Crippen LogP contribution in [0.25, 0.3) is 0 Å². The second kappa shape index (κ2) is 7.23. The highest BCUT2D eigenvalue weighted by atomic mass is 16.1. The van der Waals surface area contributed by atoms with Crippen LogP contribution in [0.15, 0.2) is 42.5 Å². The Morgan fingerprint density at radius 1 is 1.19 bits per heavy atom. The maximum absolute atomic E-state index is 11.8. The zero-order chi connectivity index (χ0) is 15.1. The fraction of sp³-hybridized carbons (Fsp3) is 0.267. The van der Waals surface area contributed by atoms with E-state index in [1.54, 1.807) is 12.1 Å². The lowest BCUT2D eigenvalue weighted by Crippen LogP contribution is -2.28. The van der Waals surface area contributed by atoms with Crippen molar-refractivity contribution in [2.45, 2.75) is 6.42 Å². The van der Waals surface area contributed by atoms with Crippen LogP contribution in [-0.2, 0) is 0 Å². The third-order valence-corrected chi connectivity index (χ3v) is 3.07. The summed E-state index contributed by atoms with van der Waals surface area (Å²) in [5.41, 5.74) is 6.86. The second-order valence-corrected chi connectivity index (χ2v) is 4.71. The molecule has 6 heteroatoms. The first-order chi connectivity index (χ1) is 10.2. The SMILES string of the molecule is CN(CCCNC(=O)c1ccc(N)nn1)c1ccccc1. The summed E-state index contributed by atoms with van der Waals surface area (Å²) in [6.07, 6.45) is 0.847. The van der Waals surface area contributed by atoms with E-state index < -0.39 is 0 Å². The van der Waals surface area contributed by atoms with Gasteiger partial charge in [-0.15, -0.1) is 10.2 Å². The molecule has 0 radical (unpaired) electrons. The van der Waals surface area contributed by atoms with E-state index in [4.69, 9.17) is 5.73 Å². The van der Waals surface area contributed by atoms with Gasteiger partial charge in [0.05, 0.1) is 0 Å². The number of anilines is 2. The molecule has 0 spiro atoms. The minimum absolute atomic E-state index is 0.232. The molecular weight excluding hydrogens is 266 g/mol. The number of nitrogen functional groups attached to an aromatic ring is 1. The topological polar surface area (TPSA) is 84.1 Å². The van der Waals surface area contributed by atoms with Gasteiger partial charge >= 0.3 is 0 Å². The van der Waals surface area contributed by atoms with E-state index in [1.165, 1.54) is 0 Å². The average molecular weight is 285 g/mol. The molecule has 1 amide bonds. The van der Waals surface area contributed by atoms with Crippen LogP contribution in [0.2, 0.25) is 0 Å². The molecular formula is C15H19N5O. The lowest BCUT2D eigenvalue weighted by molar-refractivity contribution is 0.0947. The molecule has 3 N–H and O–H groups in total. The normalized spacial score (nSPS) is 10.1. The first-order valence-corrected chi connectivity index (χ1v) is 6.80. The largest absolute Gasteiger partial charge is 0.382 e. The van der Waals surface area contributed by atoms with Crippen LogP contribution in [0, 0.1) is 0 Å². The molecule has 0 aliphatic heterocycles. The van der Waals surface area contributed by atoms with E-state index in [0.29, 0.717) is 12.4 Å². The average Bonchev–Trinajstić information content (AvgIpc) is 2.52. The zero-order valence-electron chi connectivity index (χ0n) is 12.0. The molecule has 6 nitrogen and oxygen atoms in total. The number of hydrogen-bond donors (Lipinski definition) is 2. The lowest BCUT2D eigenvalue weighted by atomic mass is 10.3. The Kier molecular flexibility index (Phi) is 5.09. The van der Waals surface area contributed by atoms with Crippen LogP contribution >= 0.6 is 0 Å². The third kappa shape index (κ3) is 4.45. The summed E-state index contributed by atoms with van der Waals surface area (Å²) in [4.78, 5) is 14.0. The highest BCUT2D eigenvalue weighted by molar-refractivity contribution is 5.92. The fourth-order valence-electron chi connectivity index (χ4n) is 1.88. The second-order valence-electron chi connectivity index (χ2n) is 4.71. The number of benzene rings is 1. The van der Waals surface area contributed by atoms with E-state index >= 15 is 0 Å². The minimum atomic E-state index is -0.232. The van der Waals surface area contributed by atoms with Crippen LogP contribution in [0.5, 0.6) is 0 Å². The standard InChI is InChI=1S/C15H19N5O/c1-20(12-6-3-2-4-7-12)11-5-10-17-15(21)13-8-9-14(16)19-18-13/h2-4,6-9H,5,10-11H2,1H3,(H2,16,19)(H,17,21). The van der Waals surface area contributed by atoms with Crippen molar-refractivity contribution in [3.05, 3.63) is 48.2 Å². The van der Waals surface area contributed by atoms with Gasteiger partial charge in [-0.25, -0.2) is 0 Å². The fourth-order valence-corrected chi connectivity index (χ4v) is 1.88. The molecule has 0 aliphatic carbocycles. The quantitative estimate of drug-likeness (QED) is 0.782. The van der Waals surface area contributed by atoms with Gasteiger partial charge in [-0.3, -0.25) is 4.79 Å². The number of hydrogen-bond acceptors (Lipinski definition) is 5. The van der Waals surface area contributed by atoms with Gasteiger partial charge in [0, 0.05) is 25.8 Å². The predicted octanol–water partition coefficient (Wildman–Crippen LogP) is 1.32. The number of carbonyl (C=O) groups excluding carboxylic acids is 1. The molecule has 2 aromatic rings. The Balaban J connectivity index is 1.72. The van der Waals surface area contributed by atoms with Gasteiger partial charge in [0.25, 0.3) is 5.91 Å². The Hall–Kier alpha value is -2.63. The van der Waals surface area contributed by atoms with Crippen molar-refractivity contribution in [3.8, 4) is 0 Å². The van der Waals surface area contributed by atoms with Gasteiger partial charge in [-0.05, 0) is 30.7 Å². The van der Waals surface area contributed by atoms with Crippen molar-refractivity contribution in [1.82, 2.24) is 15.5 Å². The molecule has 110 valence electrons. The minimum Gasteiger partial charge on any atom is -0.382 e. The first kappa shape index (κ1) is 14.8. The summed E-state index contributed by atoms with van der Waals surface area (Å²) in [6, 6.07) is 13.2. The van der Waals surface area contributed by atoms with E-state index in [2.05, 4.69) is 32.5 Å². The third-order valence-electron chi connectivity index (χ3n) is 3.07. The van der Waals surface area contributed by atoms with Gasteiger partial charge in [0.1, 0.15) is 5.82 Å². The summed E-state index contributed by atoms with van der Waals surface area (Å²) in [5, 5.41) is 10.2. The first-order valence-electron chi connectivity index (χ1n) is 6.80. The van der Waals surface area contributed by atoms with Gasteiger partial charge in [-0.2, -0.15) is 0 Å². The Labute approximate surface area is 124 Å². The summed E-state index contributed by atoms with van der Waals surface area (Å²) in [7, 11) is 2.03. The number of amides is 1. The van der Waals surface area contributed by atoms with Crippen molar-refractivity contribution in [2.24, 2.45) is 0 Å². The number of nitrogens with one attached hydrogen (secondary N) is 1. The van der Waals surface area contributed by atoms with Gasteiger partial charge in [0.2, 0.25) is 0 Å². The van der Waals surface area contributed by atoms with Crippen molar-refractivity contribution in [2.75, 3.05) is 30.8 Å². The highest BCUT2D eigenvalue weighted by Gasteiger charge is 2.07. The van der Waals surface area contributed by atoms with E-state index in [0.717, 1.165) is 18.7 Å². The predicted molar refractivity (Wildman–Crippen MR) is 83.1 cm³/mol. The smallest absolute Gasteiger partial charge is 0.271 e. The molecule has 0 bridgehead atoms. The zero-order valence-corrected chi connectivity index (χ0v) is 12.0. The number of rotatable bonds is 6. The van der Waals surface area contributed by atoms with Gasteiger partial charge in [-0.1, -0.05) is 18.2 Å². The molecule has 0 fully saturated rings. The van der Waals surface area contributed by atoms with Crippen molar-refractivity contribution in [1.29, 1.82) is 0 Å². The van der Waals surface area contributed by atoms with Crippen molar-refractivity contribution in [3.63, 3.8) is 0 Å². The number of para-hydroxylation sites is 1. The number of nitrogens with two attached hydrogens (primary N) is 1. The van der Waals surface area contributed by atoms with Crippen molar-refractivity contribution >= 4 is 17.4 Å². The molecule has 0 saturated carbocycles. The van der Waals surface area contributed by atoms with E-state index in [-0.39, 0.29) is 11.6 Å². The maximum atomic E-state index is 11.8. The molecule has 0 aliphatic rings. The van der Waals surface area contributed by atoms with E-state index in [9.17, 15) is 4.79 Å². The molecule has 1 heterocycles. The molecule has 1 aromatic heterocycles. The van der Waals surface area contributed by atoms with E-state index in [1.807, 2.05) is 25.2 Å². The van der Waals surface area contributed by atoms with Gasteiger partial charge in [0.15, 0.2) is 5.69 Å². The Bertz CT molecular complexity index is 570. The molecule has 0 atom stereocenters. The van der Waals surface area contributed by atoms with Crippen LogP contribution < -0.4 is 16.0 Å². The number of aromatic nitrogens is 2. The summed E-state index contributed by atoms with van der Waals surface area (Å²) in [5.74, 6) is 0.0703. The summed E-state index contributed by atoms with van der Waals surface area (Å²) in [6.45, 7) is 1.44. The van der Waals surface area contributed by atoms with Crippen molar-refractivity contribution < 1.29 is 4.79 Å². The summed E-state index contributed by atoms with van der Waals surface area (Å²) >= 11 is 0.